The molecule has 0 saturated carbocycles. The molecule has 0 aromatic heterocycles. The molecule has 2 N–H and O–H groups in total. The van der Waals surface area contributed by atoms with E-state index in [9.17, 15) is 18.0 Å². The maximum absolute atomic E-state index is 13.6. The van der Waals surface area contributed by atoms with E-state index in [0.29, 0.717) is 27.6 Å². The molecule has 0 heterocycles. The van der Waals surface area contributed by atoms with Crippen molar-refractivity contribution in [1.29, 1.82) is 0 Å². The van der Waals surface area contributed by atoms with Gasteiger partial charge in [-0.3, -0.25) is 13.9 Å². The fraction of sp³-hybridized carbons (Fsp3) is 0.188. The average Bonchev–Trinajstić information content (AvgIpc) is 2.92. The Morgan fingerprint density at radius 3 is 1.98 bits per heavy atom. The Morgan fingerprint density at radius 2 is 1.39 bits per heavy atom. The Hall–Kier alpha value is -4.14. The third-order valence-corrected chi connectivity index (χ3v) is 8.47. The molecule has 4 aromatic carbocycles. The lowest BCUT2D eigenvalue weighted by Gasteiger charge is -2.24. The second kappa shape index (κ2) is 12.2. The third kappa shape index (κ3) is 7.54. The standard InChI is InChI=1S/C32H32ClN3O4S/c1-22-8-16-28(17-9-22)36(41(39,40)29-18-14-25(33)15-19-29)21-30(37)34-26-6-5-7-27(20-26)35-31(38)23-10-12-24(13-11-23)32(2,3)4/h5-20H,21H2,1-4H3,(H,34,37)(H,35,38). The van der Waals surface area contributed by atoms with Crippen LogP contribution in [0.25, 0.3) is 0 Å². The lowest BCUT2D eigenvalue weighted by atomic mass is 9.87. The smallest absolute Gasteiger partial charge is 0.264 e. The summed E-state index contributed by atoms with van der Waals surface area (Å²) in [5.41, 5.74) is 3.79. The van der Waals surface area contributed by atoms with Gasteiger partial charge in [-0.05, 0) is 84.6 Å². The van der Waals surface area contributed by atoms with Gasteiger partial charge in [0.05, 0.1) is 10.6 Å². The van der Waals surface area contributed by atoms with Gasteiger partial charge < -0.3 is 10.6 Å². The molecule has 7 nitrogen and oxygen atoms in total. The molecule has 0 atom stereocenters. The van der Waals surface area contributed by atoms with Crippen LogP contribution >= 0.6 is 11.6 Å². The van der Waals surface area contributed by atoms with Crippen LogP contribution in [0, 0.1) is 6.92 Å². The van der Waals surface area contributed by atoms with Crippen LogP contribution in [0.1, 0.15) is 42.3 Å². The van der Waals surface area contributed by atoms with E-state index in [-0.39, 0.29) is 16.2 Å². The quantitative estimate of drug-likeness (QED) is 0.231. The molecular formula is C32H32ClN3O4S. The van der Waals surface area contributed by atoms with E-state index in [0.717, 1.165) is 15.4 Å². The molecule has 4 aromatic rings. The molecule has 212 valence electrons. The number of nitrogens with zero attached hydrogens (tertiary/aromatic N) is 1. The maximum Gasteiger partial charge on any atom is 0.264 e. The molecule has 4 rings (SSSR count). The van der Waals surface area contributed by atoms with Crippen molar-refractivity contribution in [3.8, 4) is 0 Å². The van der Waals surface area contributed by atoms with Crippen molar-refractivity contribution in [2.45, 2.75) is 38.0 Å². The first-order chi connectivity index (χ1) is 19.3. The SMILES string of the molecule is Cc1ccc(N(CC(=O)Nc2cccc(NC(=O)c3ccc(C(C)(C)C)cc3)c2)S(=O)(=O)c2ccc(Cl)cc2)cc1. The largest absolute Gasteiger partial charge is 0.324 e. The van der Waals surface area contributed by atoms with Crippen molar-refractivity contribution < 1.29 is 18.0 Å². The molecule has 0 aliphatic rings. The molecule has 9 heteroatoms. The average molecular weight is 590 g/mol. The van der Waals surface area contributed by atoms with Crippen LogP contribution in [0.5, 0.6) is 0 Å². The third-order valence-electron chi connectivity index (χ3n) is 6.43. The zero-order valence-electron chi connectivity index (χ0n) is 23.3. The minimum absolute atomic E-state index is 0.00974. The molecule has 0 bridgehead atoms. The number of anilines is 3. The van der Waals surface area contributed by atoms with Crippen LogP contribution in [-0.2, 0) is 20.2 Å². The molecule has 0 spiro atoms. The number of hydrogen-bond donors (Lipinski definition) is 2. The summed E-state index contributed by atoms with van der Waals surface area (Å²) in [5, 5.41) is 5.99. The summed E-state index contributed by atoms with van der Waals surface area (Å²) in [5.74, 6) is -0.835. The van der Waals surface area contributed by atoms with Crippen LogP contribution < -0.4 is 14.9 Å². The molecule has 41 heavy (non-hydrogen) atoms. The highest BCUT2D eigenvalue weighted by atomic mass is 35.5. The van der Waals surface area contributed by atoms with Crippen LogP contribution in [-0.4, -0.2) is 26.8 Å². The van der Waals surface area contributed by atoms with Gasteiger partial charge in [-0.2, -0.15) is 0 Å². The van der Waals surface area contributed by atoms with Gasteiger partial charge in [0.25, 0.3) is 15.9 Å². The molecule has 0 radical (unpaired) electrons. The van der Waals surface area contributed by atoms with E-state index >= 15 is 0 Å². The second-order valence-corrected chi connectivity index (χ2v) is 13.0. The lowest BCUT2D eigenvalue weighted by Crippen LogP contribution is -2.38. The van der Waals surface area contributed by atoms with Gasteiger partial charge >= 0.3 is 0 Å². The summed E-state index contributed by atoms with van der Waals surface area (Å²) in [6.45, 7) is 7.74. The van der Waals surface area contributed by atoms with Crippen molar-refractivity contribution >= 4 is 50.5 Å². The van der Waals surface area contributed by atoms with Crippen molar-refractivity contribution in [3.63, 3.8) is 0 Å². The summed E-state index contributed by atoms with van der Waals surface area (Å²) in [4.78, 5) is 26.0. The first-order valence-corrected chi connectivity index (χ1v) is 14.8. The van der Waals surface area contributed by atoms with Crippen LogP contribution in [0.2, 0.25) is 5.02 Å². The van der Waals surface area contributed by atoms with Crippen LogP contribution in [0.3, 0.4) is 0 Å². The number of carbonyl (C=O) groups is 2. The number of hydrogen-bond acceptors (Lipinski definition) is 4. The van der Waals surface area contributed by atoms with Gasteiger partial charge in [0.15, 0.2) is 0 Å². The normalized spacial score (nSPS) is 11.5. The number of halogens is 1. The molecule has 0 fully saturated rings. The number of rotatable bonds is 8. The van der Waals surface area contributed by atoms with Crippen molar-refractivity contribution in [2.75, 3.05) is 21.5 Å². The van der Waals surface area contributed by atoms with Gasteiger partial charge in [0.1, 0.15) is 6.54 Å². The summed E-state index contributed by atoms with van der Waals surface area (Å²) in [7, 11) is -4.08. The van der Waals surface area contributed by atoms with E-state index in [4.69, 9.17) is 11.6 Å². The number of benzene rings is 4. The zero-order valence-corrected chi connectivity index (χ0v) is 24.9. The van der Waals surface area contributed by atoms with Crippen LogP contribution in [0.15, 0.2) is 102 Å². The van der Waals surface area contributed by atoms with E-state index in [2.05, 4.69) is 31.4 Å². The highest BCUT2D eigenvalue weighted by molar-refractivity contribution is 7.92. The summed E-state index contributed by atoms with van der Waals surface area (Å²) < 4.78 is 28.2. The molecule has 0 unspecified atom stereocenters. The molecule has 0 aliphatic heterocycles. The molecule has 0 aliphatic carbocycles. The lowest BCUT2D eigenvalue weighted by molar-refractivity contribution is -0.114. The Morgan fingerprint density at radius 1 is 0.805 bits per heavy atom. The fourth-order valence-corrected chi connectivity index (χ4v) is 5.64. The van der Waals surface area contributed by atoms with E-state index in [1.54, 1.807) is 60.7 Å². The number of sulfonamides is 1. The predicted octanol–water partition coefficient (Wildman–Crippen LogP) is 7.03. The van der Waals surface area contributed by atoms with Gasteiger partial charge in [0.2, 0.25) is 5.91 Å². The highest BCUT2D eigenvalue weighted by Crippen LogP contribution is 2.26. The van der Waals surface area contributed by atoms with Crippen LogP contribution in [0.4, 0.5) is 17.1 Å². The van der Waals surface area contributed by atoms with Crippen molar-refractivity contribution in [1.82, 2.24) is 0 Å². The summed E-state index contributed by atoms with van der Waals surface area (Å²) in [6, 6.07) is 26.7. The Kier molecular flexibility index (Phi) is 8.85. The first-order valence-electron chi connectivity index (χ1n) is 13.0. The number of aryl methyl sites for hydroxylation is 1. The molecule has 0 saturated heterocycles. The monoisotopic (exact) mass is 589 g/mol. The second-order valence-electron chi connectivity index (χ2n) is 10.7. The van der Waals surface area contributed by atoms with E-state index < -0.39 is 22.5 Å². The highest BCUT2D eigenvalue weighted by Gasteiger charge is 2.27. The van der Waals surface area contributed by atoms with Gasteiger partial charge in [0, 0.05) is 22.0 Å². The zero-order chi connectivity index (χ0) is 29.8. The molecule has 2 amide bonds. The number of carbonyl (C=O) groups excluding carboxylic acids is 2. The minimum atomic E-state index is -4.08. The molecular weight excluding hydrogens is 558 g/mol. The fourth-order valence-electron chi connectivity index (χ4n) is 4.09. The van der Waals surface area contributed by atoms with E-state index in [1.165, 1.54) is 24.3 Å². The van der Waals surface area contributed by atoms with Crippen molar-refractivity contribution in [3.05, 3.63) is 119 Å². The van der Waals surface area contributed by atoms with Gasteiger partial charge in [-0.1, -0.05) is 68.3 Å². The van der Waals surface area contributed by atoms with E-state index in [1.807, 2.05) is 19.1 Å². The topological polar surface area (TPSA) is 95.6 Å². The Labute approximate surface area is 246 Å². The number of nitrogens with one attached hydrogen (secondary N) is 2. The summed E-state index contributed by atoms with van der Waals surface area (Å²) in [6.07, 6.45) is 0. The minimum Gasteiger partial charge on any atom is -0.324 e. The summed E-state index contributed by atoms with van der Waals surface area (Å²) >= 11 is 5.95. The first kappa shape index (κ1) is 29.8. The van der Waals surface area contributed by atoms with Crippen molar-refractivity contribution in [2.24, 2.45) is 0 Å². The number of amides is 2. The van der Waals surface area contributed by atoms with Gasteiger partial charge in [-0.15, -0.1) is 0 Å². The Bertz CT molecular complexity index is 1650. The van der Waals surface area contributed by atoms with Gasteiger partial charge in [-0.25, -0.2) is 8.42 Å². The Balaban J connectivity index is 1.50. The predicted molar refractivity (Wildman–Crippen MR) is 165 cm³/mol. The maximum atomic E-state index is 13.6.